The smallest absolute Gasteiger partial charge is 0.134 e. The van der Waals surface area contributed by atoms with E-state index in [2.05, 4.69) is 14.9 Å². The van der Waals surface area contributed by atoms with Crippen molar-refractivity contribution in [2.45, 2.75) is 39.2 Å². The molecule has 0 bridgehead atoms. The van der Waals surface area contributed by atoms with Gasteiger partial charge in [-0.3, -0.25) is 0 Å². The van der Waals surface area contributed by atoms with Crippen LogP contribution in [0, 0.1) is 0 Å². The van der Waals surface area contributed by atoms with Crippen LogP contribution < -0.4 is 10.6 Å². The van der Waals surface area contributed by atoms with E-state index in [4.69, 9.17) is 10.5 Å². The predicted octanol–water partition coefficient (Wildman–Crippen LogP) is 1.63. The fraction of sp³-hybridized carbons (Fsp3) is 0.692. The third kappa shape index (κ3) is 3.10. The minimum Gasteiger partial charge on any atom is -0.384 e. The van der Waals surface area contributed by atoms with Crippen LogP contribution in [-0.2, 0) is 11.2 Å². The van der Waals surface area contributed by atoms with Gasteiger partial charge in [0.15, 0.2) is 0 Å². The second-order valence-corrected chi connectivity index (χ2v) is 4.56. The molecule has 1 aromatic heterocycles. The molecule has 2 N–H and O–H groups in total. The average molecular weight is 250 g/mol. The van der Waals surface area contributed by atoms with Crippen molar-refractivity contribution in [3.63, 3.8) is 0 Å². The summed E-state index contributed by atoms with van der Waals surface area (Å²) < 4.78 is 5.65. The van der Waals surface area contributed by atoms with Gasteiger partial charge in [-0.15, -0.1) is 0 Å². The molecule has 0 spiro atoms. The van der Waals surface area contributed by atoms with Gasteiger partial charge < -0.3 is 15.4 Å². The third-order valence-corrected chi connectivity index (χ3v) is 3.26. The van der Waals surface area contributed by atoms with Crippen molar-refractivity contribution in [1.82, 2.24) is 9.97 Å². The van der Waals surface area contributed by atoms with Crippen LogP contribution >= 0.6 is 0 Å². The molecule has 0 unspecified atom stereocenters. The Hall–Kier alpha value is -1.36. The Morgan fingerprint density at radius 1 is 1.33 bits per heavy atom. The number of hydrogen-bond acceptors (Lipinski definition) is 5. The molecular weight excluding hydrogens is 228 g/mol. The lowest BCUT2D eigenvalue weighted by molar-refractivity contribution is 0.0458. The number of rotatable bonds is 4. The Morgan fingerprint density at radius 2 is 2.06 bits per heavy atom. The second kappa shape index (κ2) is 6.00. The summed E-state index contributed by atoms with van der Waals surface area (Å²) in [5.41, 5.74) is 5.81. The number of hydrogen-bond donors (Lipinski definition) is 1. The minimum absolute atomic E-state index is 0.399. The number of anilines is 2. The van der Waals surface area contributed by atoms with Gasteiger partial charge in [-0.1, -0.05) is 6.92 Å². The van der Waals surface area contributed by atoms with Crippen LogP contribution in [0.3, 0.4) is 0 Å². The largest absolute Gasteiger partial charge is 0.384 e. The molecule has 1 fully saturated rings. The molecule has 100 valence electrons. The Bertz CT molecular complexity index is 389. The van der Waals surface area contributed by atoms with Crippen molar-refractivity contribution in [3.8, 4) is 0 Å². The zero-order chi connectivity index (χ0) is 13.0. The van der Waals surface area contributed by atoms with E-state index in [-0.39, 0.29) is 0 Å². The van der Waals surface area contributed by atoms with Gasteiger partial charge in [0.1, 0.15) is 17.5 Å². The quantitative estimate of drug-likeness (QED) is 0.879. The van der Waals surface area contributed by atoms with Gasteiger partial charge in [0.05, 0.1) is 6.10 Å². The maximum absolute atomic E-state index is 5.81. The van der Waals surface area contributed by atoms with Crippen molar-refractivity contribution in [3.05, 3.63) is 11.9 Å². The first kappa shape index (κ1) is 13.1. The van der Waals surface area contributed by atoms with E-state index in [0.29, 0.717) is 11.9 Å². The van der Waals surface area contributed by atoms with Gasteiger partial charge >= 0.3 is 0 Å². The summed E-state index contributed by atoms with van der Waals surface area (Å²) in [7, 11) is 0. The van der Waals surface area contributed by atoms with Crippen LogP contribution in [0.5, 0.6) is 0 Å². The third-order valence-electron chi connectivity index (χ3n) is 3.26. The van der Waals surface area contributed by atoms with Crippen LogP contribution in [0.1, 0.15) is 32.5 Å². The number of ether oxygens (including phenoxy) is 1. The Balaban J connectivity index is 2.02. The highest BCUT2D eigenvalue weighted by Crippen LogP contribution is 2.21. The molecule has 0 saturated carbocycles. The molecule has 1 saturated heterocycles. The fourth-order valence-electron chi connectivity index (χ4n) is 2.31. The average Bonchev–Trinajstić information content (AvgIpc) is 2.39. The van der Waals surface area contributed by atoms with E-state index in [1.165, 1.54) is 0 Å². The first-order valence-electron chi connectivity index (χ1n) is 6.73. The van der Waals surface area contributed by atoms with Crippen LogP contribution in [-0.4, -0.2) is 35.8 Å². The lowest BCUT2D eigenvalue weighted by Gasteiger charge is -2.32. The first-order valence-corrected chi connectivity index (χ1v) is 6.73. The van der Waals surface area contributed by atoms with Crippen molar-refractivity contribution in [2.75, 3.05) is 30.3 Å². The molecule has 5 heteroatoms. The Morgan fingerprint density at radius 3 is 2.67 bits per heavy atom. The molecule has 1 aliphatic heterocycles. The molecule has 5 nitrogen and oxygen atoms in total. The molecule has 1 aromatic rings. The fourth-order valence-corrected chi connectivity index (χ4v) is 2.31. The van der Waals surface area contributed by atoms with E-state index in [9.17, 15) is 0 Å². The minimum atomic E-state index is 0.399. The first-order chi connectivity index (χ1) is 8.72. The van der Waals surface area contributed by atoms with Crippen LogP contribution in [0.25, 0.3) is 0 Å². The zero-order valence-corrected chi connectivity index (χ0v) is 11.2. The maximum Gasteiger partial charge on any atom is 0.134 e. The van der Waals surface area contributed by atoms with Crippen LogP contribution in [0.4, 0.5) is 11.6 Å². The zero-order valence-electron chi connectivity index (χ0n) is 11.2. The standard InChI is InChI=1S/C13H22N4O/c1-3-12-15-11(14)9-13(16-12)17-7-5-10(6-8-17)18-4-2/h9-10H,3-8H2,1-2H3,(H2,14,15,16). The SMILES string of the molecule is CCOC1CCN(c2cc(N)nc(CC)n2)CC1. The van der Waals surface area contributed by atoms with Gasteiger partial charge in [-0.2, -0.15) is 0 Å². The summed E-state index contributed by atoms with van der Waals surface area (Å²) in [5, 5.41) is 0. The molecule has 0 aromatic carbocycles. The summed E-state index contributed by atoms with van der Waals surface area (Å²) in [6, 6.07) is 1.86. The highest BCUT2D eigenvalue weighted by molar-refractivity contribution is 5.47. The van der Waals surface area contributed by atoms with E-state index in [0.717, 1.165) is 50.6 Å². The monoisotopic (exact) mass is 250 g/mol. The van der Waals surface area contributed by atoms with Gasteiger partial charge in [0.25, 0.3) is 0 Å². The number of aryl methyl sites for hydroxylation is 1. The van der Waals surface area contributed by atoms with Crippen molar-refractivity contribution in [2.24, 2.45) is 0 Å². The molecule has 0 radical (unpaired) electrons. The van der Waals surface area contributed by atoms with Gasteiger partial charge in [0, 0.05) is 32.2 Å². The molecular formula is C13H22N4O. The van der Waals surface area contributed by atoms with Crippen molar-refractivity contribution < 1.29 is 4.74 Å². The molecule has 18 heavy (non-hydrogen) atoms. The maximum atomic E-state index is 5.81. The van der Waals surface area contributed by atoms with Gasteiger partial charge in [-0.25, -0.2) is 9.97 Å². The van der Waals surface area contributed by atoms with E-state index in [1.54, 1.807) is 0 Å². The van der Waals surface area contributed by atoms with Gasteiger partial charge in [0.2, 0.25) is 0 Å². The highest BCUT2D eigenvalue weighted by Gasteiger charge is 2.20. The predicted molar refractivity (Wildman–Crippen MR) is 72.7 cm³/mol. The van der Waals surface area contributed by atoms with Crippen molar-refractivity contribution >= 4 is 11.6 Å². The summed E-state index contributed by atoms with van der Waals surface area (Å²) in [6.45, 7) is 6.84. The topological polar surface area (TPSA) is 64.3 Å². The number of piperidine rings is 1. The summed E-state index contributed by atoms with van der Waals surface area (Å²) in [5.74, 6) is 2.33. The number of nitrogens with zero attached hydrogens (tertiary/aromatic N) is 3. The Kier molecular flexibility index (Phi) is 4.36. The van der Waals surface area contributed by atoms with Crippen molar-refractivity contribution in [1.29, 1.82) is 0 Å². The van der Waals surface area contributed by atoms with E-state index >= 15 is 0 Å². The molecule has 2 heterocycles. The Labute approximate surface area is 108 Å². The molecule has 0 aliphatic carbocycles. The van der Waals surface area contributed by atoms with Gasteiger partial charge in [-0.05, 0) is 19.8 Å². The second-order valence-electron chi connectivity index (χ2n) is 4.56. The summed E-state index contributed by atoms with van der Waals surface area (Å²) in [6.07, 6.45) is 3.32. The highest BCUT2D eigenvalue weighted by atomic mass is 16.5. The van der Waals surface area contributed by atoms with Crippen LogP contribution in [0.15, 0.2) is 6.07 Å². The molecule has 0 atom stereocenters. The lowest BCUT2D eigenvalue weighted by atomic mass is 10.1. The molecule has 0 amide bonds. The number of aromatic nitrogens is 2. The molecule has 2 rings (SSSR count). The molecule has 1 aliphatic rings. The number of nitrogens with two attached hydrogens (primary N) is 1. The lowest BCUT2D eigenvalue weighted by Crippen LogP contribution is -2.37. The normalized spacial score (nSPS) is 17.1. The van der Waals surface area contributed by atoms with Crippen LogP contribution in [0.2, 0.25) is 0 Å². The summed E-state index contributed by atoms with van der Waals surface area (Å²) >= 11 is 0. The summed E-state index contributed by atoms with van der Waals surface area (Å²) in [4.78, 5) is 11.0. The van der Waals surface area contributed by atoms with E-state index in [1.807, 2.05) is 19.9 Å². The van der Waals surface area contributed by atoms with E-state index < -0.39 is 0 Å². The number of nitrogen functional groups attached to an aromatic ring is 1.